The predicted octanol–water partition coefficient (Wildman–Crippen LogP) is 4.49. The highest BCUT2D eigenvalue weighted by Crippen LogP contribution is 2.34. The molecule has 7 heteroatoms. The maximum atomic E-state index is 11.1. The van der Waals surface area contributed by atoms with Crippen LogP contribution < -0.4 is 10.1 Å². The Kier molecular flexibility index (Phi) is 4.46. The van der Waals surface area contributed by atoms with Crippen molar-refractivity contribution in [2.24, 2.45) is 0 Å². The molecule has 2 rings (SSSR count). The largest absolute Gasteiger partial charge is 0.496 e. The Hall–Kier alpha value is -1.79. The van der Waals surface area contributed by atoms with Gasteiger partial charge in [-0.3, -0.25) is 10.1 Å². The van der Waals surface area contributed by atoms with Crippen LogP contribution in [0.5, 0.6) is 5.75 Å². The van der Waals surface area contributed by atoms with E-state index in [-0.39, 0.29) is 11.7 Å². The molecule has 2 aromatic rings. The number of hydrogen-bond donors (Lipinski definition) is 1. The molecule has 0 bridgehead atoms. The van der Waals surface area contributed by atoms with Crippen molar-refractivity contribution in [1.82, 2.24) is 0 Å². The maximum absolute atomic E-state index is 11.1. The molecule has 0 aliphatic carbocycles. The van der Waals surface area contributed by atoms with E-state index in [2.05, 4.69) is 5.32 Å². The summed E-state index contributed by atoms with van der Waals surface area (Å²) in [5.74, 6) is 0.453. The minimum absolute atomic E-state index is 0.0150. The van der Waals surface area contributed by atoms with E-state index >= 15 is 0 Å². The number of benzene rings is 1. The fraction of sp³-hybridized carbons (Fsp3) is 0.231. The summed E-state index contributed by atoms with van der Waals surface area (Å²) in [6.07, 6.45) is 0. The highest BCUT2D eigenvalue weighted by molar-refractivity contribution is 7.16. The number of nitrogens with zero attached hydrogens (tertiary/aromatic N) is 1. The van der Waals surface area contributed by atoms with Crippen molar-refractivity contribution in [2.45, 2.75) is 13.0 Å². The first-order valence-electron chi connectivity index (χ1n) is 5.85. The molecule has 0 fully saturated rings. The van der Waals surface area contributed by atoms with Gasteiger partial charge >= 0.3 is 0 Å². The average Bonchev–Trinajstić information content (AvgIpc) is 2.85. The number of nitrogens with one attached hydrogen (secondary N) is 1. The first-order valence-corrected chi connectivity index (χ1v) is 7.05. The van der Waals surface area contributed by atoms with Crippen LogP contribution in [-0.4, -0.2) is 12.0 Å². The second-order valence-electron chi connectivity index (χ2n) is 4.15. The van der Waals surface area contributed by atoms with Gasteiger partial charge in [-0.25, -0.2) is 0 Å². The third-order valence-corrected chi connectivity index (χ3v) is 4.21. The lowest BCUT2D eigenvalue weighted by molar-refractivity contribution is -0.384. The van der Waals surface area contributed by atoms with Gasteiger partial charge in [-0.2, -0.15) is 0 Å². The molecular weight excluding hydrogens is 300 g/mol. The Labute approximate surface area is 125 Å². The molecular formula is C13H13ClN2O3S. The van der Waals surface area contributed by atoms with Crippen LogP contribution in [0.1, 0.15) is 17.8 Å². The highest BCUT2D eigenvalue weighted by Gasteiger charge is 2.18. The van der Waals surface area contributed by atoms with Crippen molar-refractivity contribution in [3.05, 3.63) is 49.7 Å². The summed E-state index contributed by atoms with van der Waals surface area (Å²) in [6, 6.07) is 8.37. The summed E-state index contributed by atoms with van der Waals surface area (Å²) < 4.78 is 5.70. The number of thiophene rings is 1. The zero-order chi connectivity index (χ0) is 14.7. The highest BCUT2D eigenvalue weighted by atomic mass is 35.5. The molecule has 106 valence electrons. The molecule has 0 saturated carbocycles. The second kappa shape index (κ2) is 6.11. The van der Waals surface area contributed by atoms with Crippen molar-refractivity contribution >= 4 is 34.3 Å². The molecule has 20 heavy (non-hydrogen) atoms. The van der Waals surface area contributed by atoms with Crippen LogP contribution in [0.4, 0.5) is 11.4 Å². The van der Waals surface area contributed by atoms with Gasteiger partial charge in [0.2, 0.25) is 0 Å². The number of ether oxygens (including phenoxy) is 1. The van der Waals surface area contributed by atoms with E-state index in [0.717, 1.165) is 4.88 Å². The maximum Gasteiger partial charge on any atom is 0.296 e. The summed E-state index contributed by atoms with van der Waals surface area (Å²) in [7, 11) is 1.47. The molecule has 0 radical (unpaired) electrons. The van der Waals surface area contributed by atoms with Crippen LogP contribution in [0.25, 0.3) is 0 Å². The van der Waals surface area contributed by atoms with Gasteiger partial charge in [0.1, 0.15) is 11.4 Å². The third kappa shape index (κ3) is 3.20. The summed E-state index contributed by atoms with van der Waals surface area (Å²) in [6.45, 7) is 1.93. The van der Waals surface area contributed by atoms with Gasteiger partial charge in [-0.05, 0) is 31.2 Å². The van der Waals surface area contributed by atoms with E-state index in [1.807, 2.05) is 19.1 Å². The Morgan fingerprint density at radius 2 is 2.15 bits per heavy atom. The Balaban J connectivity index is 2.26. The van der Waals surface area contributed by atoms with Gasteiger partial charge in [0.25, 0.3) is 5.69 Å². The lowest BCUT2D eigenvalue weighted by Crippen LogP contribution is -2.07. The van der Waals surface area contributed by atoms with Crippen LogP contribution in [0.15, 0.2) is 30.3 Å². The lowest BCUT2D eigenvalue weighted by atomic mass is 10.2. The molecule has 1 aromatic carbocycles. The van der Waals surface area contributed by atoms with Crippen LogP contribution in [0.3, 0.4) is 0 Å². The van der Waals surface area contributed by atoms with Crippen molar-refractivity contribution < 1.29 is 9.66 Å². The van der Waals surface area contributed by atoms with Crippen LogP contribution >= 0.6 is 22.9 Å². The fourth-order valence-electron chi connectivity index (χ4n) is 1.78. The van der Waals surface area contributed by atoms with Crippen molar-refractivity contribution in [2.75, 3.05) is 12.4 Å². The smallest absolute Gasteiger partial charge is 0.296 e. The number of hydrogen-bond acceptors (Lipinski definition) is 5. The predicted molar refractivity (Wildman–Crippen MR) is 81.0 cm³/mol. The monoisotopic (exact) mass is 312 g/mol. The Morgan fingerprint density at radius 1 is 1.40 bits per heavy atom. The van der Waals surface area contributed by atoms with Crippen LogP contribution in [-0.2, 0) is 0 Å². The van der Waals surface area contributed by atoms with E-state index in [1.54, 1.807) is 12.1 Å². The van der Waals surface area contributed by atoms with Gasteiger partial charge in [-0.15, -0.1) is 11.3 Å². The number of anilines is 1. The van der Waals surface area contributed by atoms with Gasteiger partial charge < -0.3 is 10.1 Å². The normalized spacial score (nSPS) is 11.9. The first-order chi connectivity index (χ1) is 9.51. The van der Waals surface area contributed by atoms with E-state index in [0.29, 0.717) is 15.8 Å². The Bertz CT molecular complexity index is 630. The quantitative estimate of drug-likeness (QED) is 0.652. The molecule has 0 aliphatic heterocycles. The molecule has 0 saturated heterocycles. The topological polar surface area (TPSA) is 64.4 Å². The van der Waals surface area contributed by atoms with Crippen LogP contribution in [0.2, 0.25) is 4.34 Å². The summed E-state index contributed by atoms with van der Waals surface area (Å²) >= 11 is 7.34. The SMILES string of the molecule is COc1ccc(NC(C)c2ccc(Cl)s2)c([N+](=O)[O-])c1. The molecule has 1 aromatic heterocycles. The fourth-order valence-corrected chi connectivity index (χ4v) is 2.84. The van der Waals surface area contributed by atoms with Gasteiger partial charge in [0.15, 0.2) is 0 Å². The zero-order valence-corrected chi connectivity index (χ0v) is 12.5. The number of rotatable bonds is 5. The molecule has 1 heterocycles. The summed E-state index contributed by atoms with van der Waals surface area (Å²) in [5.41, 5.74) is 0.437. The number of nitro benzene ring substituents is 1. The summed E-state index contributed by atoms with van der Waals surface area (Å²) in [4.78, 5) is 11.7. The van der Waals surface area contributed by atoms with Crippen molar-refractivity contribution in [1.29, 1.82) is 0 Å². The molecule has 0 amide bonds. The standard InChI is InChI=1S/C13H13ClN2O3S/c1-8(12-5-6-13(14)20-12)15-10-4-3-9(19-2)7-11(10)16(17)18/h3-8,15H,1-2H3. The molecule has 0 aliphatic rings. The number of methoxy groups -OCH3 is 1. The van der Waals surface area contributed by atoms with Gasteiger partial charge in [0.05, 0.1) is 28.5 Å². The Morgan fingerprint density at radius 3 is 2.70 bits per heavy atom. The third-order valence-electron chi connectivity index (χ3n) is 2.79. The number of nitro groups is 1. The second-order valence-corrected chi connectivity index (χ2v) is 5.89. The molecule has 1 unspecified atom stereocenters. The van der Waals surface area contributed by atoms with Crippen molar-refractivity contribution in [3.8, 4) is 5.75 Å². The lowest BCUT2D eigenvalue weighted by Gasteiger charge is -2.14. The van der Waals surface area contributed by atoms with E-state index < -0.39 is 4.92 Å². The van der Waals surface area contributed by atoms with Crippen molar-refractivity contribution in [3.63, 3.8) is 0 Å². The zero-order valence-electron chi connectivity index (χ0n) is 10.9. The average molecular weight is 313 g/mol. The van der Waals surface area contributed by atoms with Gasteiger partial charge in [0, 0.05) is 4.88 Å². The molecule has 1 atom stereocenters. The van der Waals surface area contributed by atoms with Gasteiger partial charge in [-0.1, -0.05) is 11.6 Å². The summed E-state index contributed by atoms with van der Waals surface area (Å²) in [5, 5.41) is 14.2. The minimum atomic E-state index is -0.432. The molecule has 0 spiro atoms. The number of halogens is 1. The first kappa shape index (κ1) is 14.6. The van der Waals surface area contributed by atoms with E-state index in [4.69, 9.17) is 16.3 Å². The minimum Gasteiger partial charge on any atom is -0.496 e. The van der Waals surface area contributed by atoms with E-state index in [1.165, 1.54) is 24.5 Å². The molecule has 1 N–H and O–H groups in total. The van der Waals surface area contributed by atoms with E-state index in [9.17, 15) is 10.1 Å². The van der Waals surface area contributed by atoms with Crippen LogP contribution in [0, 0.1) is 10.1 Å². The molecule has 5 nitrogen and oxygen atoms in total.